The molecule has 92 valence electrons. The van der Waals surface area contributed by atoms with Crippen molar-refractivity contribution in [3.8, 4) is 0 Å². The Labute approximate surface area is 93.0 Å². The molecule has 0 aromatic heterocycles. The van der Waals surface area contributed by atoms with Crippen LogP contribution in [0.3, 0.4) is 0 Å². The highest BCUT2D eigenvalue weighted by atomic mass is 16.4. The number of hydrogen-bond donors (Lipinski definition) is 3. The number of carboxylic acids is 2. The van der Waals surface area contributed by atoms with E-state index in [0.29, 0.717) is 19.5 Å². The minimum Gasteiger partial charge on any atom is -0.481 e. The average molecular weight is 232 g/mol. The smallest absolute Gasteiger partial charge is 0.304 e. The molecule has 1 amide bonds. The molecule has 0 saturated carbocycles. The van der Waals surface area contributed by atoms with Crippen LogP contribution in [0.4, 0.5) is 0 Å². The van der Waals surface area contributed by atoms with Crippen LogP contribution in [0.5, 0.6) is 0 Å². The van der Waals surface area contributed by atoms with Gasteiger partial charge in [0.25, 0.3) is 0 Å². The molecule has 0 fully saturated rings. The highest BCUT2D eigenvalue weighted by molar-refractivity contribution is 5.67. The maximum atomic E-state index is 10.4. The zero-order chi connectivity index (χ0) is 12.4. The number of nitrogens with zero attached hydrogens (tertiary/aromatic N) is 1. The number of carbonyl (C=O) groups excluding carboxylic acids is 1. The molecule has 7 nitrogen and oxygen atoms in total. The lowest BCUT2D eigenvalue weighted by molar-refractivity contribution is -0.137. The first kappa shape index (κ1) is 14.4. The van der Waals surface area contributed by atoms with Gasteiger partial charge in [0, 0.05) is 26.2 Å². The fourth-order valence-corrected chi connectivity index (χ4v) is 1.12. The monoisotopic (exact) mass is 232 g/mol. The first-order valence-corrected chi connectivity index (χ1v) is 4.89. The van der Waals surface area contributed by atoms with Crippen molar-refractivity contribution >= 4 is 18.3 Å². The van der Waals surface area contributed by atoms with Crippen LogP contribution in [-0.2, 0) is 14.4 Å². The molecule has 0 atom stereocenters. The van der Waals surface area contributed by atoms with Gasteiger partial charge < -0.3 is 20.4 Å². The van der Waals surface area contributed by atoms with Crippen molar-refractivity contribution in [3.05, 3.63) is 0 Å². The van der Waals surface area contributed by atoms with Crippen molar-refractivity contribution in [2.45, 2.75) is 12.8 Å². The van der Waals surface area contributed by atoms with Crippen LogP contribution in [0.2, 0.25) is 0 Å². The molecule has 0 saturated heterocycles. The van der Waals surface area contributed by atoms with Crippen molar-refractivity contribution < 1.29 is 24.6 Å². The molecule has 7 heteroatoms. The van der Waals surface area contributed by atoms with Gasteiger partial charge in [-0.05, 0) is 0 Å². The number of hydrogen-bond acceptors (Lipinski definition) is 4. The summed E-state index contributed by atoms with van der Waals surface area (Å²) < 4.78 is 0. The Morgan fingerprint density at radius 2 is 1.56 bits per heavy atom. The highest BCUT2D eigenvalue weighted by Crippen LogP contribution is 1.94. The fourth-order valence-electron chi connectivity index (χ4n) is 1.12. The number of amides is 1. The molecular formula is C9H16N2O5. The molecule has 0 aromatic rings. The Morgan fingerprint density at radius 1 is 1.06 bits per heavy atom. The van der Waals surface area contributed by atoms with Gasteiger partial charge >= 0.3 is 11.9 Å². The van der Waals surface area contributed by atoms with E-state index in [1.54, 1.807) is 4.90 Å². The maximum absolute atomic E-state index is 10.4. The zero-order valence-corrected chi connectivity index (χ0v) is 8.89. The standard InChI is InChI=1S/C9H16N2O5/c12-7-10-3-6-11(4-1-8(13)14)5-2-9(15)16/h7H,1-6H2,(H,10,12)(H,13,14)(H,15,16). The minimum atomic E-state index is -0.927. The first-order valence-electron chi connectivity index (χ1n) is 4.89. The minimum absolute atomic E-state index is 0.0410. The maximum Gasteiger partial charge on any atom is 0.304 e. The third kappa shape index (κ3) is 8.95. The van der Waals surface area contributed by atoms with Crippen LogP contribution >= 0.6 is 0 Å². The third-order valence-electron chi connectivity index (χ3n) is 1.94. The first-order chi connectivity index (χ1) is 7.56. The fraction of sp³-hybridized carbons (Fsp3) is 0.667. The van der Waals surface area contributed by atoms with E-state index < -0.39 is 11.9 Å². The summed E-state index contributed by atoms with van der Waals surface area (Å²) in [7, 11) is 0. The van der Waals surface area contributed by atoms with E-state index in [-0.39, 0.29) is 25.9 Å². The van der Waals surface area contributed by atoms with Crippen LogP contribution < -0.4 is 5.32 Å². The topological polar surface area (TPSA) is 107 Å². The van der Waals surface area contributed by atoms with Crippen LogP contribution in [0, 0.1) is 0 Å². The number of rotatable bonds is 10. The zero-order valence-electron chi connectivity index (χ0n) is 8.89. The molecule has 0 unspecified atom stereocenters. The van der Waals surface area contributed by atoms with Gasteiger partial charge in [0.05, 0.1) is 12.8 Å². The number of nitrogens with one attached hydrogen (secondary N) is 1. The van der Waals surface area contributed by atoms with Gasteiger partial charge in [-0.25, -0.2) is 0 Å². The van der Waals surface area contributed by atoms with Gasteiger partial charge in [0.1, 0.15) is 0 Å². The highest BCUT2D eigenvalue weighted by Gasteiger charge is 2.08. The normalized spacial score (nSPS) is 10.1. The number of carbonyl (C=O) groups is 3. The number of carboxylic acid groups (broad SMARTS) is 2. The molecule has 0 spiro atoms. The van der Waals surface area contributed by atoms with Crippen molar-refractivity contribution in [2.75, 3.05) is 26.2 Å². The molecule has 16 heavy (non-hydrogen) atoms. The third-order valence-corrected chi connectivity index (χ3v) is 1.94. The summed E-state index contributed by atoms with van der Waals surface area (Å²) in [5, 5.41) is 19.4. The van der Waals surface area contributed by atoms with Gasteiger partial charge in [-0.2, -0.15) is 0 Å². The van der Waals surface area contributed by atoms with E-state index in [1.165, 1.54) is 0 Å². The summed E-state index contributed by atoms with van der Waals surface area (Å²) in [5.74, 6) is -1.85. The summed E-state index contributed by atoms with van der Waals surface area (Å²) >= 11 is 0. The van der Waals surface area contributed by atoms with E-state index in [4.69, 9.17) is 10.2 Å². The summed E-state index contributed by atoms with van der Waals surface area (Å²) in [4.78, 5) is 32.4. The van der Waals surface area contributed by atoms with Crippen LogP contribution in [0.25, 0.3) is 0 Å². The Morgan fingerprint density at radius 3 is 1.94 bits per heavy atom. The van der Waals surface area contributed by atoms with Gasteiger partial charge in [-0.3, -0.25) is 14.4 Å². The summed E-state index contributed by atoms with van der Waals surface area (Å²) in [6, 6.07) is 0. The molecule has 0 aliphatic heterocycles. The molecule has 0 bridgehead atoms. The van der Waals surface area contributed by atoms with Crippen molar-refractivity contribution in [2.24, 2.45) is 0 Å². The molecule has 0 heterocycles. The molecule has 3 N–H and O–H groups in total. The van der Waals surface area contributed by atoms with Crippen molar-refractivity contribution in [3.63, 3.8) is 0 Å². The second-order valence-corrected chi connectivity index (χ2v) is 3.20. The number of aliphatic carboxylic acids is 2. The SMILES string of the molecule is O=CNCCN(CCC(=O)O)CCC(=O)O. The van der Waals surface area contributed by atoms with Gasteiger partial charge in [0.15, 0.2) is 0 Å². The second kappa shape index (κ2) is 8.66. The van der Waals surface area contributed by atoms with E-state index >= 15 is 0 Å². The molecule has 0 radical (unpaired) electrons. The second-order valence-electron chi connectivity index (χ2n) is 3.20. The van der Waals surface area contributed by atoms with Gasteiger partial charge in [-0.15, -0.1) is 0 Å². The lowest BCUT2D eigenvalue weighted by Crippen LogP contribution is -2.34. The van der Waals surface area contributed by atoms with Gasteiger partial charge in [0.2, 0.25) is 6.41 Å². The molecule has 0 aliphatic rings. The van der Waals surface area contributed by atoms with E-state index in [0.717, 1.165) is 0 Å². The quantitative estimate of drug-likeness (QED) is 0.329. The molecule has 0 aromatic carbocycles. The summed E-state index contributed by atoms with van der Waals surface area (Å²) in [5.41, 5.74) is 0. The van der Waals surface area contributed by atoms with Crippen molar-refractivity contribution in [1.29, 1.82) is 0 Å². The summed E-state index contributed by atoms with van der Waals surface area (Å²) in [6.07, 6.45) is 0.466. The largest absolute Gasteiger partial charge is 0.481 e. The predicted molar refractivity (Wildman–Crippen MR) is 55.0 cm³/mol. The summed E-state index contributed by atoms with van der Waals surface area (Å²) in [6.45, 7) is 1.38. The lowest BCUT2D eigenvalue weighted by atomic mass is 10.3. The Balaban J connectivity index is 3.88. The van der Waals surface area contributed by atoms with Crippen LogP contribution in [-0.4, -0.2) is 59.6 Å². The van der Waals surface area contributed by atoms with E-state index in [1.807, 2.05) is 0 Å². The predicted octanol–water partition coefficient (Wildman–Crippen LogP) is -1.02. The Bertz CT molecular complexity index is 226. The lowest BCUT2D eigenvalue weighted by Gasteiger charge is -2.20. The van der Waals surface area contributed by atoms with E-state index in [2.05, 4.69) is 5.32 Å². The Kier molecular flexibility index (Phi) is 7.78. The molecule has 0 rings (SSSR count). The molecule has 0 aliphatic carbocycles. The van der Waals surface area contributed by atoms with Crippen molar-refractivity contribution in [1.82, 2.24) is 10.2 Å². The Hall–Kier alpha value is -1.63. The van der Waals surface area contributed by atoms with Crippen LogP contribution in [0.15, 0.2) is 0 Å². The van der Waals surface area contributed by atoms with Crippen LogP contribution in [0.1, 0.15) is 12.8 Å². The van der Waals surface area contributed by atoms with E-state index in [9.17, 15) is 14.4 Å². The average Bonchev–Trinajstić information content (AvgIpc) is 2.21. The molecular weight excluding hydrogens is 216 g/mol. The van der Waals surface area contributed by atoms with Gasteiger partial charge in [-0.1, -0.05) is 0 Å².